The predicted octanol–water partition coefficient (Wildman–Crippen LogP) is 2.74. The maximum absolute atomic E-state index is 13.0. The first-order valence-electron chi connectivity index (χ1n) is 5.92. The van der Waals surface area contributed by atoms with Gasteiger partial charge in [-0.1, -0.05) is 0 Å². The summed E-state index contributed by atoms with van der Waals surface area (Å²) in [5.74, 6) is -1.19. The van der Waals surface area contributed by atoms with E-state index >= 15 is 0 Å². The first-order valence-corrected chi connectivity index (χ1v) is 7.31. The van der Waals surface area contributed by atoms with E-state index in [-0.39, 0.29) is 17.3 Å². The van der Waals surface area contributed by atoms with Gasteiger partial charge in [0.05, 0.1) is 11.3 Å². The number of anilines is 1. The molecule has 7 heteroatoms. The van der Waals surface area contributed by atoms with Crippen molar-refractivity contribution in [1.82, 2.24) is 4.90 Å². The van der Waals surface area contributed by atoms with Crippen molar-refractivity contribution in [2.24, 2.45) is 0 Å². The zero-order valence-electron chi connectivity index (χ0n) is 11.5. The number of carbonyl (C=O) groups is 2. The van der Waals surface area contributed by atoms with E-state index < -0.39 is 17.8 Å². The van der Waals surface area contributed by atoms with Gasteiger partial charge in [-0.05, 0) is 31.4 Å². The van der Waals surface area contributed by atoms with Gasteiger partial charge in [0.2, 0.25) is 0 Å². The quantitative estimate of drug-likeness (QED) is 0.877. The average molecular weight is 300 g/mol. The highest BCUT2D eigenvalue weighted by atomic mass is 32.2. The van der Waals surface area contributed by atoms with E-state index in [0.717, 1.165) is 17.9 Å². The first-order chi connectivity index (χ1) is 9.36. The first kappa shape index (κ1) is 16.3. The zero-order valence-corrected chi connectivity index (χ0v) is 12.3. The zero-order chi connectivity index (χ0) is 15.3. The summed E-state index contributed by atoms with van der Waals surface area (Å²) in [5, 5.41) is 11.5. The number of aromatic carboxylic acids is 1. The molecule has 1 unspecified atom stereocenters. The third-order valence-electron chi connectivity index (χ3n) is 2.84. The molecule has 0 aliphatic rings. The Kier molecular flexibility index (Phi) is 5.82. The van der Waals surface area contributed by atoms with Crippen LogP contribution < -0.4 is 5.32 Å². The average Bonchev–Trinajstić information content (AvgIpc) is 2.39. The number of hydrogen-bond donors (Lipinski definition) is 2. The van der Waals surface area contributed by atoms with Gasteiger partial charge in [0.25, 0.3) is 0 Å². The summed E-state index contributed by atoms with van der Waals surface area (Å²) in [4.78, 5) is 24.5. The number of nitrogens with one attached hydrogen (secondary N) is 1. The van der Waals surface area contributed by atoms with Crippen LogP contribution in [0, 0.1) is 5.82 Å². The van der Waals surface area contributed by atoms with Crippen LogP contribution in [0.3, 0.4) is 0 Å². The number of nitrogens with zero attached hydrogens (tertiary/aromatic N) is 1. The fourth-order valence-electron chi connectivity index (χ4n) is 1.56. The lowest BCUT2D eigenvalue weighted by atomic mass is 10.1. The van der Waals surface area contributed by atoms with Crippen LogP contribution in [-0.2, 0) is 0 Å². The minimum Gasteiger partial charge on any atom is -0.478 e. The van der Waals surface area contributed by atoms with Crippen LogP contribution in [-0.4, -0.2) is 47.1 Å². The molecule has 0 spiro atoms. The highest BCUT2D eigenvalue weighted by Gasteiger charge is 2.18. The van der Waals surface area contributed by atoms with Gasteiger partial charge in [0.1, 0.15) is 5.82 Å². The third kappa shape index (κ3) is 4.12. The Morgan fingerprint density at radius 1 is 1.50 bits per heavy atom. The van der Waals surface area contributed by atoms with E-state index in [1.807, 2.05) is 13.2 Å². The van der Waals surface area contributed by atoms with Crippen LogP contribution in [0.5, 0.6) is 0 Å². The van der Waals surface area contributed by atoms with E-state index in [1.54, 1.807) is 18.8 Å². The van der Waals surface area contributed by atoms with Gasteiger partial charge in [-0.2, -0.15) is 11.8 Å². The normalized spacial score (nSPS) is 11.8. The summed E-state index contributed by atoms with van der Waals surface area (Å²) < 4.78 is 13.0. The molecule has 0 saturated carbocycles. The van der Waals surface area contributed by atoms with Crippen molar-refractivity contribution >= 4 is 29.4 Å². The molecule has 1 rings (SSSR count). The molecule has 0 fully saturated rings. The summed E-state index contributed by atoms with van der Waals surface area (Å²) >= 11 is 1.61. The second-order valence-corrected chi connectivity index (χ2v) is 5.25. The van der Waals surface area contributed by atoms with Crippen LogP contribution in [0.25, 0.3) is 0 Å². The molecule has 1 aromatic carbocycles. The van der Waals surface area contributed by atoms with Gasteiger partial charge in [-0.3, -0.25) is 0 Å². The van der Waals surface area contributed by atoms with Crippen molar-refractivity contribution in [2.75, 3.05) is 24.4 Å². The number of thioether (sulfide) groups is 1. The van der Waals surface area contributed by atoms with Crippen molar-refractivity contribution in [3.63, 3.8) is 0 Å². The highest BCUT2D eigenvalue weighted by Crippen LogP contribution is 2.18. The van der Waals surface area contributed by atoms with Gasteiger partial charge in [-0.25, -0.2) is 14.0 Å². The van der Waals surface area contributed by atoms with Crippen LogP contribution >= 0.6 is 11.8 Å². The number of urea groups is 1. The Bertz CT molecular complexity index is 510. The summed E-state index contributed by atoms with van der Waals surface area (Å²) in [6, 6.07) is 2.79. The summed E-state index contributed by atoms with van der Waals surface area (Å²) in [6.07, 6.45) is 1.94. The maximum atomic E-state index is 13.0. The molecule has 0 bridgehead atoms. The van der Waals surface area contributed by atoms with Crippen molar-refractivity contribution in [1.29, 1.82) is 0 Å². The second-order valence-electron chi connectivity index (χ2n) is 4.34. The Morgan fingerprint density at radius 3 is 2.70 bits per heavy atom. The molecule has 5 nitrogen and oxygen atoms in total. The number of benzene rings is 1. The van der Waals surface area contributed by atoms with Crippen molar-refractivity contribution in [3.05, 3.63) is 29.6 Å². The fraction of sp³-hybridized carbons (Fsp3) is 0.385. The Morgan fingerprint density at radius 2 is 2.15 bits per heavy atom. The van der Waals surface area contributed by atoms with Crippen LogP contribution in [0.1, 0.15) is 17.3 Å². The number of carbonyl (C=O) groups excluding carboxylic acids is 1. The molecule has 0 saturated heterocycles. The van der Waals surface area contributed by atoms with Crippen LogP contribution in [0.4, 0.5) is 14.9 Å². The molecular formula is C13H17FN2O3S. The topological polar surface area (TPSA) is 69.6 Å². The molecule has 0 aliphatic carbocycles. The third-order valence-corrected chi connectivity index (χ3v) is 3.66. The lowest BCUT2D eigenvalue weighted by molar-refractivity contribution is 0.0697. The standard InChI is InChI=1S/C13H17FN2O3S/c1-8(7-20-3)16(2)13(19)15-11-5-4-9(14)6-10(11)12(17)18/h4-6,8H,7H2,1-3H3,(H,15,19)(H,17,18). The lowest BCUT2D eigenvalue weighted by Crippen LogP contribution is -2.39. The van der Waals surface area contributed by atoms with Crippen molar-refractivity contribution < 1.29 is 19.1 Å². The number of amides is 2. The maximum Gasteiger partial charge on any atom is 0.337 e. The fourth-order valence-corrected chi connectivity index (χ4v) is 2.26. The number of rotatable bonds is 5. The lowest BCUT2D eigenvalue weighted by Gasteiger charge is -2.24. The largest absolute Gasteiger partial charge is 0.478 e. The van der Waals surface area contributed by atoms with Crippen molar-refractivity contribution in [3.8, 4) is 0 Å². The van der Waals surface area contributed by atoms with Gasteiger partial charge in [-0.15, -0.1) is 0 Å². The number of carboxylic acid groups (broad SMARTS) is 1. The van der Waals surface area contributed by atoms with Gasteiger partial charge < -0.3 is 15.3 Å². The molecule has 0 aliphatic heterocycles. The van der Waals surface area contributed by atoms with Crippen LogP contribution in [0.2, 0.25) is 0 Å². The minimum atomic E-state index is -1.29. The number of hydrogen-bond acceptors (Lipinski definition) is 3. The molecule has 0 radical (unpaired) electrons. The molecular weight excluding hydrogens is 283 g/mol. The van der Waals surface area contributed by atoms with E-state index in [0.29, 0.717) is 0 Å². The summed E-state index contributed by atoms with van der Waals surface area (Å²) in [5.41, 5.74) is -0.198. The minimum absolute atomic E-state index is 0.00118. The number of halogens is 1. The molecule has 110 valence electrons. The second kappa shape index (κ2) is 7.14. The number of carboxylic acids is 1. The monoisotopic (exact) mass is 300 g/mol. The Balaban J connectivity index is 2.88. The SMILES string of the molecule is CSCC(C)N(C)C(=O)Nc1ccc(F)cc1C(=O)O. The van der Waals surface area contributed by atoms with E-state index in [9.17, 15) is 14.0 Å². The van der Waals surface area contributed by atoms with Gasteiger partial charge >= 0.3 is 12.0 Å². The molecule has 2 amide bonds. The van der Waals surface area contributed by atoms with Crippen LogP contribution in [0.15, 0.2) is 18.2 Å². The van der Waals surface area contributed by atoms with E-state index in [2.05, 4.69) is 5.32 Å². The predicted molar refractivity (Wildman–Crippen MR) is 78.0 cm³/mol. The highest BCUT2D eigenvalue weighted by molar-refractivity contribution is 7.98. The van der Waals surface area contributed by atoms with Crippen molar-refractivity contribution in [2.45, 2.75) is 13.0 Å². The van der Waals surface area contributed by atoms with E-state index in [1.165, 1.54) is 11.0 Å². The Labute approximate surface area is 121 Å². The summed E-state index contributed by atoms with van der Waals surface area (Å²) in [6.45, 7) is 1.89. The Hall–Kier alpha value is -1.76. The molecule has 1 aromatic rings. The summed E-state index contributed by atoms with van der Waals surface area (Å²) in [7, 11) is 1.63. The van der Waals surface area contributed by atoms with Gasteiger partial charge in [0.15, 0.2) is 0 Å². The molecule has 20 heavy (non-hydrogen) atoms. The van der Waals surface area contributed by atoms with E-state index in [4.69, 9.17) is 5.11 Å². The molecule has 0 heterocycles. The molecule has 2 N–H and O–H groups in total. The smallest absolute Gasteiger partial charge is 0.337 e. The van der Waals surface area contributed by atoms with Gasteiger partial charge in [0, 0.05) is 18.8 Å². The molecule has 0 aromatic heterocycles. The molecule has 1 atom stereocenters.